The molecule has 8 heteroatoms. The molecular weight excluding hydrogens is 322 g/mol. The molecule has 1 aromatic rings. The van der Waals surface area contributed by atoms with Crippen LogP contribution in [0.25, 0.3) is 0 Å². The Morgan fingerprint density at radius 1 is 1.17 bits per heavy atom. The number of nitrogens with zero attached hydrogens (tertiary/aromatic N) is 2. The average Bonchev–Trinajstić information content (AvgIpc) is 2.69. The SMILES string of the molecule is CCCCN1C(=O)C(=O)N(CC(=O)Nc2cccc(Cl)c2)C1=O. The van der Waals surface area contributed by atoms with E-state index in [1.807, 2.05) is 6.92 Å². The van der Waals surface area contributed by atoms with Crippen LogP contribution in [0, 0.1) is 0 Å². The fraction of sp³-hybridized carbons (Fsp3) is 0.333. The van der Waals surface area contributed by atoms with E-state index < -0.39 is 30.3 Å². The largest absolute Gasteiger partial charge is 0.334 e. The third-order valence-corrected chi connectivity index (χ3v) is 3.52. The lowest BCUT2D eigenvalue weighted by Crippen LogP contribution is -2.39. The van der Waals surface area contributed by atoms with Gasteiger partial charge in [0.25, 0.3) is 0 Å². The van der Waals surface area contributed by atoms with Crippen molar-refractivity contribution in [3.05, 3.63) is 29.3 Å². The monoisotopic (exact) mass is 337 g/mol. The molecule has 0 saturated carbocycles. The summed E-state index contributed by atoms with van der Waals surface area (Å²) >= 11 is 5.81. The zero-order chi connectivity index (χ0) is 17.0. The molecule has 1 saturated heterocycles. The smallest absolute Gasteiger partial charge is 0.324 e. The molecule has 0 unspecified atom stereocenters. The molecule has 122 valence electrons. The fourth-order valence-corrected chi connectivity index (χ4v) is 2.30. The van der Waals surface area contributed by atoms with Crippen LogP contribution in [0.2, 0.25) is 5.02 Å². The van der Waals surface area contributed by atoms with E-state index in [1.165, 1.54) is 6.07 Å². The second kappa shape index (κ2) is 7.23. The normalized spacial score (nSPS) is 14.6. The minimum absolute atomic E-state index is 0.173. The van der Waals surface area contributed by atoms with Gasteiger partial charge in [0.1, 0.15) is 6.54 Å². The van der Waals surface area contributed by atoms with E-state index in [0.717, 1.165) is 11.3 Å². The zero-order valence-electron chi connectivity index (χ0n) is 12.5. The van der Waals surface area contributed by atoms with Crippen LogP contribution in [0.3, 0.4) is 0 Å². The van der Waals surface area contributed by atoms with Crippen molar-refractivity contribution in [3.63, 3.8) is 0 Å². The predicted octanol–water partition coefficient (Wildman–Crippen LogP) is 1.87. The zero-order valence-corrected chi connectivity index (χ0v) is 13.3. The van der Waals surface area contributed by atoms with Crippen molar-refractivity contribution in [1.29, 1.82) is 0 Å². The van der Waals surface area contributed by atoms with Crippen molar-refractivity contribution in [1.82, 2.24) is 9.80 Å². The molecule has 0 radical (unpaired) electrons. The molecule has 1 heterocycles. The maximum Gasteiger partial charge on any atom is 0.334 e. The first-order chi connectivity index (χ1) is 10.9. The Morgan fingerprint density at radius 2 is 1.87 bits per heavy atom. The molecule has 2 rings (SSSR count). The van der Waals surface area contributed by atoms with Gasteiger partial charge in [-0.3, -0.25) is 19.3 Å². The number of rotatable bonds is 6. The lowest BCUT2D eigenvalue weighted by molar-refractivity contribution is -0.143. The number of anilines is 1. The fourth-order valence-electron chi connectivity index (χ4n) is 2.11. The van der Waals surface area contributed by atoms with Crippen molar-refractivity contribution in [2.45, 2.75) is 19.8 Å². The minimum atomic E-state index is -0.979. The van der Waals surface area contributed by atoms with E-state index in [1.54, 1.807) is 18.2 Å². The number of halogens is 1. The van der Waals surface area contributed by atoms with Gasteiger partial charge in [-0.25, -0.2) is 9.69 Å². The number of hydrogen-bond donors (Lipinski definition) is 1. The minimum Gasteiger partial charge on any atom is -0.324 e. The summed E-state index contributed by atoms with van der Waals surface area (Å²) in [5.74, 6) is -2.45. The third-order valence-electron chi connectivity index (χ3n) is 3.28. The van der Waals surface area contributed by atoms with Gasteiger partial charge in [-0.1, -0.05) is 31.0 Å². The Morgan fingerprint density at radius 3 is 2.52 bits per heavy atom. The second-order valence-electron chi connectivity index (χ2n) is 5.04. The Bertz CT molecular complexity index is 662. The van der Waals surface area contributed by atoms with Crippen LogP contribution in [0.15, 0.2) is 24.3 Å². The molecule has 1 aromatic carbocycles. The highest BCUT2D eigenvalue weighted by molar-refractivity contribution is 6.45. The topological polar surface area (TPSA) is 86.8 Å². The number of unbranched alkanes of at least 4 members (excludes halogenated alkanes) is 1. The van der Waals surface area contributed by atoms with Gasteiger partial charge in [-0.15, -0.1) is 0 Å². The van der Waals surface area contributed by atoms with Crippen molar-refractivity contribution >= 4 is 41.0 Å². The van der Waals surface area contributed by atoms with Crippen LogP contribution < -0.4 is 5.32 Å². The molecule has 1 aliphatic rings. The standard InChI is InChI=1S/C15H16ClN3O4/c1-2-3-7-18-13(21)14(22)19(15(18)23)9-12(20)17-11-6-4-5-10(16)8-11/h4-6,8H,2-3,7,9H2,1H3,(H,17,20). The van der Waals surface area contributed by atoms with Crippen molar-refractivity contribution in [2.24, 2.45) is 0 Å². The van der Waals surface area contributed by atoms with E-state index in [4.69, 9.17) is 11.6 Å². The summed E-state index contributed by atoms with van der Waals surface area (Å²) in [6, 6.07) is 5.70. The summed E-state index contributed by atoms with van der Waals surface area (Å²) < 4.78 is 0. The molecule has 0 aliphatic carbocycles. The van der Waals surface area contributed by atoms with Gasteiger partial charge < -0.3 is 5.32 Å². The number of carbonyl (C=O) groups excluding carboxylic acids is 4. The van der Waals surface area contributed by atoms with Crippen LogP contribution in [-0.2, 0) is 14.4 Å². The molecule has 5 amide bonds. The molecule has 1 aliphatic heterocycles. The van der Waals surface area contributed by atoms with Gasteiger partial charge in [-0.05, 0) is 24.6 Å². The quantitative estimate of drug-likeness (QED) is 0.634. The Balaban J connectivity index is 2.01. The molecule has 1 fully saturated rings. The summed E-state index contributed by atoms with van der Waals surface area (Å²) in [5, 5.41) is 2.97. The number of hydrogen-bond acceptors (Lipinski definition) is 4. The molecular formula is C15H16ClN3O4. The van der Waals surface area contributed by atoms with E-state index in [2.05, 4.69) is 5.32 Å². The average molecular weight is 338 g/mol. The predicted molar refractivity (Wildman–Crippen MR) is 83.8 cm³/mol. The van der Waals surface area contributed by atoms with Crippen molar-refractivity contribution in [3.8, 4) is 0 Å². The molecule has 0 atom stereocenters. The highest BCUT2D eigenvalue weighted by Gasteiger charge is 2.44. The summed E-state index contributed by atoms with van der Waals surface area (Å²) in [5.41, 5.74) is 0.441. The Hall–Kier alpha value is -2.41. The van der Waals surface area contributed by atoms with E-state index in [-0.39, 0.29) is 6.54 Å². The van der Waals surface area contributed by atoms with E-state index in [9.17, 15) is 19.2 Å². The molecule has 0 bridgehead atoms. The van der Waals surface area contributed by atoms with Crippen LogP contribution in [0.4, 0.5) is 10.5 Å². The van der Waals surface area contributed by atoms with Crippen LogP contribution >= 0.6 is 11.6 Å². The number of carbonyl (C=O) groups is 4. The summed E-state index contributed by atoms with van der Waals surface area (Å²) in [7, 11) is 0. The van der Waals surface area contributed by atoms with Crippen LogP contribution in [-0.4, -0.2) is 46.6 Å². The van der Waals surface area contributed by atoms with Gasteiger partial charge in [0.2, 0.25) is 5.91 Å². The first-order valence-corrected chi connectivity index (χ1v) is 7.54. The van der Waals surface area contributed by atoms with Crippen molar-refractivity contribution < 1.29 is 19.2 Å². The first kappa shape index (κ1) is 17.0. The van der Waals surface area contributed by atoms with Crippen LogP contribution in [0.1, 0.15) is 19.8 Å². The first-order valence-electron chi connectivity index (χ1n) is 7.16. The summed E-state index contributed by atoms with van der Waals surface area (Å²) in [4.78, 5) is 49.2. The molecule has 23 heavy (non-hydrogen) atoms. The number of nitrogens with one attached hydrogen (secondary N) is 1. The lowest BCUT2D eigenvalue weighted by atomic mass is 10.3. The van der Waals surface area contributed by atoms with Gasteiger partial charge in [0.05, 0.1) is 0 Å². The molecule has 0 aromatic heterocycles. The number of benzene rings is 1. The third kappa shape index (κ3) is 3.87. The van der Waals surface area contributed by atoms with Gasteiger partial charge in [-0.2, -0.15) is 0 Å². The maximum absolute atomic E-state index is 12.1. The summed E-state index contributed by atoms with van der Waals surface area (Å²) in [6.07, 6.45) is 1.38. The van der Waals surface area contributed by atoms with E-state index >= 15 is 0 Å². The molecule has 7 nitrogen and oxygen atoms in total. The number of amides is 5. The Kier molecular flexibility index (Phi) is 5.33. The molecule has 1 N–H and O–H groups in total. The number of imide groups is 2. The highest BCUT2D eigenvalue weighted by atomic mass is 35.5. The van der Waals surface area contributed by atoms with Gasteiger partial charge in [0, 0.05) is 17.3 Å². The second-order valence-corrected chi connectivity index (χ2v) is 5.48. The van der Waals surface area contributed by atoms with Gasteiger partial charge in [0.15, 0.2) is 0 Å². The molecule has 0 spiro atoms. The van der Waals surface area contributed by atoms with Crippen molar-refractivity contribution in [2.75, 3.05) is 18.4 Å². The Labute approximate surface area is 138 Å². The van der Waals surface area contributed by atoms with E-state index in [0.29, 0.717) is 22.0 Å². The highest BCUT2D eigenvalue weighted by Crippen LogP contribution is 2.16. The summed E-state index contributed by atoms with van der Waals surface area (Å²) in [6.45, 7) is 1.56. The van der Waals surface area contributed by atoms with Gasteiger partial charge >= 0.3 is 17.8 Å². The van der Waals surface area contributed by atoms with Crippen LogP contribution in [0.5, 0.6) is 0 Å². The lowest BCUT2D eigenvalue weighted by Gasteiger charge is -2.15. The maximum atomic E-state index is 12.1. The number of urea groups is 1.